The highest BCUT2D eigenvalue weighted by atomic mass is 35.5. The number of aromatic nitrogens is 4. The highest BCUT2D eigenvalue weighted by Crippen LogP contribution is 2.38. The molecular weight excluding hydrogens is 823 g/mol. The monoisotopic (exact) mass is 869 g/mol. The largest absolute Gasteiger partial charge is 0.452 e. The first-order valence-electron chi connectivity index (χ1n) is 20.0. The summed E-state index contributed by atoms with van der Waals surface area (Å²) in [5.41, 5.74) is 4.30. The van der Waals surface area contributed by atoms with Crippen molar-refractivity contribution < 1.29 is 41.8 Å². The van der Waals surface area contributed by atoms with Gasteiger partial charge in [-0.05, 0) is 56.0 Å². The second kappa shape index (κ2) is 19.5. The highest BCUT2D eigenvalue weighted by Gasteiger charge is 2.37. The number of rotatable bonds is 13. The predicted molar refractivity (Wildman–Crippen MR) is 219 cm³/mol. The number of alkyl halides is 3. The number of nitrogens with two attached hydrogens (primary N) is 1. The first-order chi connectivity index (χ1) is 29.2. The molecule has 6 rings (SSSR count). The maximum absolute atomic E-state index is 14.1. The van der Waals surface area contributed by atoms with Gasteiger partial charge in [-0.15, -0.1) is 5.10 Å². The number of piperazine rings is 1. The van der Waals surface area contributed by atoms with Crippen LogP contribution in [0.3, 0.4) is 0 Å². The van der Waals surface area contributed by atoms with E-state index in [-0.39, 0.29) is 54.3 Å². The quantitative estimate of drug-likeness (QED) is 0.135. The smallest absolute Gasteiger partial charge is 0.418 e. The molecule has 0 bridgehead atoms. The second-order valence-corrected chi connectivity index (χ2v) is 15.1. The zero-order chi connectivity index (χ0) is 43.8. The van der Waals surface area contributed by atoms with E-state index in [9.17, 15) is 37.1 Å². The molecule has 1 atom stereocenters. The molecule has 2 aromatic carbocycles. The summed E-state index contributed by atoms with van der Waals surface area (Å²) in [7, 11) is 0. The number of anilines is 2. The Bertz CT molecular complexity index is 2240. The zero-order valence-electron chi connectivity index (χ0n) is 33.7. The molecule has 61 heavy (non-hydrogen) atoms. The van der Waals surface area contributed by atoms with Crippen molar-refractivity contribution in [1.82, 2.24) is 34.4 Å². The van der Waals surface area contributed by atoms with Gasteiger partial charge in [-0.1, -0.05) is 48.9 Å². The third-order valence-electron chi connectivity index (χ3n) is 10.6. The zero-order valence-corrected chi connectivity index (χ0v) is 34.5. The summed E-state index contributed by atoms with van der Waals surface area (Å²) >= 11 is 6.11. The molecule has 0 unspecified atom stereocenters. The number of likely N-dealkylation sites (tertiary alicyclic amines) is 1. The van der Waals surface area contributed by atoms with Crippen LogP contribution < -0.4 is 16.3 Å². The van der Waals surface area contributed by atoms with Gasteiger partial charge >= 0.3 is 23.9 Å². The number of benzene rings is 2. The minimum absolute atomic E-state index is 0.0158. The Labute approximate surface area is 354 Å². The van der Waals surface area contributed by atoms with E-state index < -0.39 is 60.2 Å². The number of piperidine rings is 1. The van der Waals surface area contributed by atoms with Crippen molar-refractivity contribution in [3.05, 3.63) is 93.0 Å². The number of aromatic amines is 1. The Morgan fingerprint density at radius 3 is 2.31 bits per heavy atom. The third-order valence-corrected chi connectivity index (χ3v) is 11.0. The lowest BCUT2D eigenvalue weighted by molar-refractivity contribution is -0.141. The molecule has 4 aromatic rings. The molecule has 3 N–H and O–H groups in total. The molecule has 326 valence electrons. The summed E-state index contributed by atoms with van der Waals surface area (Å²) in [4.78, 5) is 79.0. The molecule has 3 amide bonds. The van der Waals surface area contributed by atoms with Crippen LogP contribution in [0.15, 0.2) is 65.6 Å². The first-order valence-corrected chi connectivity index (χ1v) is 20.3. The number of carbonyl (C=O) groups excluding carboxylic acids is 4. The minimum atomic E-state index is -4.84. The molecule has 2 fully saturated rings. The van der Waals surface area contributed by atoms with Crippen LogP contribution in [0.5, 0.6) is 0 Å². The summed E-state index contributed by atoms with van der Waals surface area (Å²) in [6.07, 6.45) is -4.82. The summed E-state index contributed by atoms with van der Waals surface area (Å²) in [6, 6.07) is 14.0. The van der Waals surface area contributed by atoms with E-state index in [1.807, 2.05) is 49.1 Å². The molecular formula is C41H47ClF3N9O7. The summed E-state index contributed by atoms with van der Waals surface area (Å²) in [5.74, 6) is -0.694. The normalized spacial score (nSPS) is 15.3. The number of nitrogen functional groups attached to an aromatic ring is 1. The van der Waals surface area contributed by atoms with Gasteiger partial charge in [-0.2, -0.15) is 13.2 Å². The number of H-pyrrole nitrogens is 1. The number of ether oxygens (including phenoxy) is 2. The van der Waals surface area contributed by atoms with Crippen molar-refractivity contribution in [1.29, 1.82) is 0 Å². The van der Waals surface area contributed by atoms with E-state index in [4.69, 9.17) is 26.8 Å². The van der Waals surface area contributed by atoms with Crippen molar-refractivity contribution in [2.45, 2.75) is 57.9 Å². The van der Waals surface area contributed by atoms with Crippen molar-refractivity contribution in [3.8, 4) is 11.4 Å². The van der Waals surface area contributed by atoms with E-state index in [1.165, 1.54) is 32.8 Å². The average molecular weight is 870 g/mol. The minimum Gasteiger partial charge on any atom is -0.452 e. The lowest BCUT2D eigenvalue weighted by Crippen LogP contribution is -2.53. The van der Waals surface area contributed by atoms with Gasteiger partial charge in [0.15, 0.2) is 18.5 Å². The number of hydrogen-bond acceptors (Lipinski definition) is 11. The van der Waals surface area contributed by atoms with Crippen LogP contribution in [0, 0.1) is 0 Å². The Morgan fingerprint density at radius 2 is 1.69 bits per heavy atom. The number of nitrogens with zero attached hydrogens (tertiary/aromatic N) is 7. The Kier molecular flexibility index (Phi) is 14.2. The Hall–Kier alpha value is -6.11. The molecule has 0 aliphatic carbocycles. The maximum atomic E-state index is 14.1. The first kappa shape index (κ1) is 44.4. The molecule has 2 aliphatic rings. The van der Waals surface area contributed by atoms with Crippen LogP contribution in [-0.2, 0) is 31.7 Å². The van der Waals surface area contributed by atoms with E-state index in [0.29, 0.717) is 50.7 Å². The number of amides is 3. The van der Waals surface area contributed by atoms with Crippen LogP contribution in [0.2, 0.25) is 5.02 Å². The fourth-order valence-corrected chi connectivity index (χ4v) is 7.55. The lowest BCUT2D eigenvalue weighted by atomic mass is 10.0. The second-order valence-electron chi connectivity index (χ2n) is 14.7. The lowest BCUT2D eigenvalue weighted by Gasteiger charge is -2.37. The fraction of sp³-hybridized carbons (Fsp3) is 0.439. The van der Waals surface area contributed by atoms with Gasteiger partial charge in [-0.25, -0.2) is 24.0 Å². The van der Waals surface area contributed by atoms with Gasteiger partial charge in [0.1, 0.15) is 5.82 Å². The molecule has 0 radical (unpaired) electrons. The van der Waals surface area contributed by atoms with Gasteiger partial charge in [0, 0.05) is 70.5 Å². The van der Waals surface area contributed by atoms with Gasteiger partial charge in [0.05, 0.1) is 27.9 Å². The average Bonchev–Trinajstić information content (AvgIpc) is 3.66. The van der Waals surface area contributed by atoms with Crippen LogP contribution in [0.4, 0.5) is 29.5 Å². The Balaban J connectivity index is 1.10. The molecule has 0 spiro atoms. The maximum Gasteiger partial charge on any atom is 0.418 e. The molecule has 0 saturated carbocycles. The third kappa shape index (κ3) is 10.8. The number of esters is 1. The van der Waals surface area contributed by atoms with Crippen molar-refractivity contribution >= 4 is 47.0 Å². The summed E-state index contributed by atoms with van der Waals surface area (Å²) in [5, 5.41) is 4.10. The van der Waals surface area contributed by atoms with Gasteiger partial charge in [0.2, 0.25) is 0 Å². The van der Waals surface area contributed by atoms with E-state index >= 15 is 0 Å². The molecule has 16 nitrogen and oxygen atoms in total. The van der Waals surface area contributed by atoms with Crippen molar-refractivity contribution in [2.75, 3.05) is 69.6 Å². The summed E-state index contributed by atoms with van der Waals surface area (Å²) < 4.78 is 54.1. The Morgan fingerprint density at radius 1 is 0.984 bits per heavy atom. The number of pyridine rings is 1. The number of carbonyl (C=O) groups is 4. The van der Waals surface area contributed by atoms with Crippen LogP contribution >= 0.6 is 11.6 Å². The van der Waals surface area contributed by atoms with Crippen LogP contribution in [-0.4, -0.2) is 123 Å². The number of hydrogen-bond donors (Lipinski definition) is 2. The predicted octanol–water partition coefficient (Wildman–Crippen LogP) is 5.04. The van der Waals surface area contributed by atoms with Crippen molar-refractivity contribution in [2.24, 2.45) is 0 Å². The number of nitrogens with one attached hydrogen (secondary N) is 1. The summed E-state index contributed by atoms with van der Waals surface area (Å²) in [6.45, 7) is 5.66. The van der Waals surface area contributed by atoms with Crippen LogP contribution in [0.25, 0.3) is 11.4 Å². The van der Waals surface area contributed by atoms with E-state index in [2.05, 4.69) is 15.1 Å². The standard InChI is InChI=1S/C41H47ClF3N9O7/c1-3-14-50(4-2)34(55)25-60-38(57)28-10-11-33(47-24-28)51-17-19-52(20-18-51)37(56)32(23-26-21-30(41(43,44)45)35(46)31(42)22-26)61-40(59)53-15-12-29(13-16-53)54-39(58)48-36(49-54)27-8-6-5-7-9-27/h5-11,21-22,24,29,32H,3-4,12-20,23,25,46H2,1-2H3,(H,48,49,58)/t32-/m1/s1. The topological polar surface area (TPSA) is 189 Å². The molecule has 2 aliphatic heterocycles. The molecule has 4 heterocycles. The fourth-order valence-electron chi connectivity index (χ4n) is 7.30. The highest BCUT2D eigenvalue weighted by molar-refractivity contribution is 6.33. The van der Waals surface area contributed by atoms with E-state index in [0.717, 1.165) is 18.1 Å². The molecule has 2 aromatic heterocycles. The van der Waals surface area contributed by atoms with Gasteiger partial charge in [0.25, 0.3) is 11.8 Å². The molecule has 2 saturated heterocycles. The number of likely N-dealkylation sites (N-methyl/N-ethyl adjacent to an activating group) is 1. The SMILES string of the molecule is CCCN(CC)C(=O)COC(=O)c1ccc(N2CCN(C(=O)[C@@H](Cc3cc(Cl)c(N)c(C(F)(F)F)c3)OC(=O)N3CCC(n4nc(-c5ccccc5)[nH]c4=O)CC3)CC2)nc1. The number of halogens is 4. The van der Waals surface area contributed by atoms with Gasteiger partial charge < -0.3 is 34.8 Å². The van der Waals surface area contributed by atoms with Gasteiger partial charge in [-0.3, -0.25) is 14.6 Å². The van der Waals surface area contributed by atoms with Crippen molar-refractivity contribution in [3.63, 3.8) is 0 Å². The van der Waals surface area contributed by atoms with E-state index in [1.54, 1.807) is 11.0 Å². The molecule has 20 heteroatoms. The van der Waals surface area contributed by atoms with Crippen LogP contribution in [0.1, 0.15) is 60.6 Å².